The average Bonchev–Trinajstić information content (AvgIpc) is 3.25. The van der Waals surface area contributed by atoms with Crippen molar-refractivity contribution in [2.24, 2.45) is 0 Å². The molecular formula is C16H16N4O2S. The van der Waals surface area contributed by atoms with Crippen molar-refractivity contribution in [1.82, 2.24) is 19.3 Å². The van der Waals surface area contributed by atoms with E-state index in [1.165, 1.54) is 4.31 Å². The summed E-state index contributed by atoms with van der Waals surface area (Å²) >= 11 is 0. The van der Waals surface area contributed by atoms with E-state index in [1.807, 2.05) is 30.3 Å². The summed E-state index contributed by atoms with van der Waals surface area (Å²) in [5.41, 5.74) is 0. The normalized spacial score (nSPS) is 19.4. The summed E-state index contributed by atoms with van der Waals surface area (Å²) in [4.78, 5) is 1.93. The molecule has 23 heavy (non-hydrogen) atoms. The third kappa shape index (κ3) is 2.51. The Hall–Kier alpha value is -2.25. The number of hydrogen-bond acceptors (Lipinski definition) is 4. The molecule has 2 aromatic carbocycles. The second-order valence-corrected chi connectivity index (χ2v) is 7.60. The molecule has 1 atom stereocenters. The van der Waals surface area contributed by atoms with Gasteiger partial charge < -0.3 is 0 Å². The van der Waals surface area contributed by atoms with Gasteiger partial charge in [-0.1, -0.05) is 30.3 Å². The lowest BCUT2D eigenvalue weighted by atomic mass is 10.1. The first-order chi connectivity index (χ1) is 11.1. The molecule has 1 unspecified atom stereocenters. The fourth-order valence-corrected chi connectivity index (χ4v) is 4.54. The van der Waals surface area contributed by atoms with Gasteiger partial charge in [-0.2, -0.15) is 19.3 Å². The van der Waals surface area contributed by atoms with Crippen LogP contribution in [0.5, 0.6) is 0 Å². The van der Waals surface area contributed by atoms with Crippen LogP contribution in [0.2, 0.25) is 0 Å². The maximum atomic E-state index is 12.9. The smallest absolute Gasteiger partial charge is 0.207 e. The molecule has 4 rings (SSSR count). The van der Waals surface area contributed by atoms with Crippen LogP contribution < -0.4 is 0 Å². The molecule has 0 amide bonds. The highest BCUT2D eigenvalue weighted by atomic mass is 32.2. The van der Waals surface area contributed by atoms with Gasteiger partial charge in [-0.05, 0) is 29.3 Å². The number of aromatic nitrogens is 3. The van der Waals surface area contributed by atoms with Gasteiger partial charge >= 0.3 is 0 Å². The molecule has 0 saturated carbocycles. The summed E-state index contributed by atoms with van der Waals surface area (Å²) in [5.74, 6) is 0. The summed E-state index contributed by atoms with van der Waals surface area (Å²) in [6.45, 7) is 0.894. The van der Waals surface area contributed by atoms with E-state index in [2.05, 4.69) is 10.2 Å². The zero-order valence-corrected chi connectivity index (χ0v) is 13.2. The molecule has 7 heteroatoms. The minimum Gasteiger partial charge on any atom is -0.207 e. The zero-order chi connectivity index (χ0) is 15.9. The maximum absolute atomic E-state index is 12.9. The van der Waals surface area contributed by atoms with Gasteiger partial charge in [0.05, 0.1) is 23.3 Å². The Bertz CT molecular complexity index is 938. The Morgan fingerprint density at radius 2 is 1.74 bits per heavy atom. The van der Waals surface area contributed by atoms with Crippen molar-refractivity contribution in [3.8, 4) is 0 Å². The SMILES string of the molecule is O=S(=O)(c1ccc2ccccc2c1)N1CCC(n2nccn2)C1. The van der Waals surface area contributed by atoms with Crippen LogP contribution in [-0.2, 0) is 10.0 Å². The van der Waals surface area contributed by atoms with E-state index in [4.69, 9.17) is 0 Å². The van der Waals surface area contributed by atoms with E-state index in [1.54, 1.807) is 29.3 Å². The van der Waals surface area contributed by atoms with Crippen molar-refractivity contribution in [2.75, 3.05) is 13.1 Å². The third-order valence-corrected chi connectivity index (χ3v) is 6.11. The fraction of sp³-hybridized carbons (Fsp3) is 0.250. The average molecular weight is 328 g/mol. The highest BCUT2D eigenvalue weighted by molar-refractivity contribution is 7.89. The first kappa shape index (κ1) is 14.3. The second kappa shape index (κ2) is 5.43. The molecule has 118 valence electrons. The first-order valence-corrected chi connectivity index (χ1v) is 8.93. The molecule has 1 fully saturated rings. The quantitative estimate of drug-likeness (QED) is 0.738. The summed E-state index contributed by atoms with van der Waals surface area (Å²) in [6, 6.07) is 13.0. The van der Waals surface area contributed by atoms with Gasteiger partial charge in [-0.15, -0.1) is 0 Å². The zero-order valence-electron chi connectivity index (χ0n) is 12.4. The second-order valence-electron chi connectivity index (χ2n) is 5.66. The van der Waals surface area contributed by atoms with Crippen molar-refractivity contribution in [3.63, 3.8) is 0 Å². The molecule has 6 nitrogen and oxygen atoms in total. The summed E-state index contributed by atoms with van der Waals surface area (Å²) in [7, 11) is -3.49. The van der Waals surface area contributed by atoms with E-state index < -0.39 is 10.0 Å². The maximum Gasteiger partial charge on any atom is 0.243 e. The van der Waals surface area contributed by atoms with Crippen LogP contribution in [0.3, 0.4) is 0 Å². The van der Waals surface area contributed by atoms with Gasteiger partial charge in [0, 0.05) is 13.1 Å². The van der Waals surface area contributed by atoms with Gasteiger partial charge in [0.1, 0.15) is 0 Å². The summed E-state index contributed by atoms with van der Waals surface area (Å²) in [5, 5.41) is 10.2. The predicted octanol–water partition coefficient (Wildman–Crippen LogP) is 2.07. The molecule has 1 saturated heterocycles. The van der Waals surface area contributed by atoms with Crippen molar-refractivity contribution in [2.45, 2.75) is 17.4 Å². The van der Waals surface area contributed by atoms with Crippen LogP contribution in [-0.4, -0.2) is 40.8 Å². The standard InChI is InChI=1S/C16H16N4O2S/c21-23(22,16-6-5-13-3-1-2-4-14(13)11-16)19-10-7-15(12-19)20-17-8-9-18-20/h1-6,8-9,11,15H,7,10,12H2. The van der Waals surface area contributed by atoms with Crippen LogP contribution in [0.25, 0.3) is 10.8 Å². The molecule has 0 radical (unpaired) electrons. The lowest BCUT2D eigenvalue weighted by Crippen LogP contribution is -2.29. The Labute approximate surface area is 134 Å². The molecule has 0 N–H and O–H groups in total. The molecule has 3 aromatic rings. The lowest BCUT2D eigenvalue weighted by molar-refractivity contribution is 0.402. The fourth-order valence-electron chi connectivity index (χ4n) is 3.01. The van der Waals surface area contributed by atoms with Gasteiger partial charge in [-0.25, -0.2) is 8.42 Å². The molecule has 2 heterocycles. The third-order valence-electron chi connectivity index (χ3n) is 4.25. The monoisotopic (exact) mass is 328 g/mol. The lowest BCUT2D eigenvalue weighted by Gasteiger charge is -2.16. The van der Waals surface area contributed by atoms with Gasteiger partial charge in [0.25, 0.3) is 0 Å². The first-order valence-electron chi connectivity index (χ1n) is 7.49. The van der Waals surface area contributed by atoms with Crippen LogP contribution in [0.15, 0.2) is 59.8 Å². The van der Waals surface area contributed by atoms with E-state index in [-0.39, 0.29) is 6.04 Å². The molecule has 0 spiro atoms. The van der Waals surface area contributed by atoms with Crippen molar-refractivity contribution < 1.29 is 8.42 Å². The Morgan fingerprint density at radius 1 is 1.00 bits per heavy atom. The van der Waals surface area contributed by atoms with Crippen LogP contribution in [0.4, 0.5) is 0 Å². The highest BCUT2D eigenvalue weighted by Gasteiger charge is 2.34. The van der Waals surface area contributed by atoms with Crippen LogP contribution in [0.1, 0.15) is 12.5 Å². The molecule has 0 aliphatic carbocycles. The van der Waals surface area contributed by atoms with Gasteiger partial charge in [0.15, 0.2) is 0 Å². The van der Waals surface area contributed by atoms with Crippen molar-refractivity contribution >= 4 is 20.8 Å². The molecule has 1 aliphatic heterocycles. The van der Waals surface area contributed by atoms with Crippen LogP contribution in [0, 0.1) is 0 Å². The number of fused-ring (bicyclic) bond motifs is 1. The number of hydrogen-bond donors (Lipinski definition) is 0. The molecule has 0 bridgehead atoms. The summed E-state index contributed by atoms with van der Waals surface area (Å²) in [6.07, 6.45) is 3.95. The van der Waals surface area contributed by atoms with Gasteiger partial charge in [-0.3, -0.25) is 0 Å². The topological polar surface area (TPSA) is 68.1 Å². The Balaban J connectivity index is 1.64. The van der Waals surface area contributed by atoms with Gasteiger partial charge in [0.2, 0.25) is 10.0 Å². The van der Waals surface area contributed by atoms with Crippen molar-refractivity contribution in [3.05, 3.63) is 54.9 Å². The number of sulfonamides is 1. The molecular weight excluding hydrogens is 312 g/mol. The highest BCUT2D eigenvalue weighted by Crippen LogP contribution is 2.28. The minimum absolute atomic E-state index is 0.000214. The summed E-state index contributed by atoms with van der Waals surface area (Å²) < 4.78 is 27.3. The minimum atomic E-state index is -3.49. The number of rotatable bonds is 3. The number of benzene rings is 2. The molecule has 1 aliphatic rings. The Kier molecular flexibility index (Phi) is 3.39. The van der Waals surface area contributed by atoms with E-state index >= 15 is 0 Å². The predicted molar refractivity (Wildman–Crippen MR) is 86.4 cm³/mol. The van der Waals surface area contributed by atoms with E-state index in [9.17, 15) is 8.42 Å². The molecule has 1 aromatic heterocycles. The van der Waals surface area contributed by atoms with Crippen molar-refractivity contribution in [1.29, 1.82) is 0 Å². The number of nitrogens with zero attached hydrogens (tertiary/aromatic N) is 4. The van der Waals surface area contributed by atoms with E-state index in [0.29, 0.717) is 18.0 Å². The van der Waals surface area contributed by atoms with E-state index in [0.717, 1.165) is 17.2 Å². The Morgan fingerprint density at radius 3 is 2.52 bits per heavy atom. The van der Waals surface area contributed by atoms with Crippen LogP contribution >= 0.6 is 0 Å². The largest absolute Gasteiger partial charge is 0.243 e.